The molecule has 1 aromatic carbocycles. The molecule has 10 nitrogen and oxygen atoms in total. The van der Waals surface area contributed by atoms with Gasteiger partial charge in [-0.2, -0.15) is 0 Å². The van der Waals surface area contributed by atoms with Gasteiger partial charge in [0.25, 0.3) is 0 Å². The lowest BCUT2D eigenvalue weighted by atomic mass is 9.84. The number of amides is 2. The van der Waals surface area contributed by atoms with Crippen molar-refractivity contribution in [3.63, 3.8) is 0 Å². The van der Waals surface area contributed by atoms with Crippen LogP contribution in [0.1, 0.15) is 57.9 Å². The lowest BCUT2D eigenvalue weighted by Gasteiger charge is -2.32. The lowest BCUT2D eigenvalue weighted by molar-refractivity contribution is -0.133. The maximum atomic E-state index is 13.7. The number of ether oxygens (including phenoxy) is 2. The molecule has 41 heavy (non-hydrogen) atoms. The second kappa shape index (κ2) is 15.0. The highest BCUT2D eigenvalue weighted by Gasteiger charge is 2.50. The Morgan fingerprint density at radius 3 is 2.32 bits per heavy atom. The Kier molecular flexibility index (Phi) is 11.4. The summed E-state index contributed by atoms with van der Waals surface area (Å²) in [6.07, 6.45) is 7.23. The van der Waals surface area contributed by atoms with Gasteiger partial charge in [0.05, 0.1) is 37.9 Å². The number of rotatable bonds is 15. The summed E-state index contributed by atoms with van der Waals surface area (Å²) in [7, 11) is 0. The molecule has 10 heteroatoms. The van der Waals surface area contributed by atoms with Crippen LogP contribution in [0.3, 0.4) is 0 Å². The molecule has 4 rings (SSSR count). The number of aldehydes is 1. The normalized spacial score (nSPS) is 24.4. The van der Waals surface area contributed by atoms with Crippen LogP contribution in [0.5, 0.6) is 0 Å². The largest absolute Gasteiger partial charge is 0.379 e. The van der Waals surface area contributed by atoms with Gasteiger partial charge in [-0.25, -0.2) is 0 Å². The average Bonchev–Trinajstić information content (AvgIpc) is 3.76. The van der Waals surface area contributed by atoms with Gasteiger partial charge in [-0.15, -0.1) is 0 Å². The summed E-state index contributed by atoms with van der Waals surface area (Å²) in [6, 6.07) is 7.09. The summed E-state index contributed by atoms with van der Waals surface area (Å²) in [5.41, 5.74) is 0.0502. The number of carbonyl (C=O) groups excluding carboxylic acids is 4. The Bertz CT molecular complexity index is 1020. The van der Waals surface area contributed by atoms with Crippen molar-refractivity contribution in [1.82, 2.24) is 20.9 Å². The number of nitrogens with one attached hydrogen (secondary N) is 3. The monoisotopic (exact) mass is 570 g/mol. The molecule has 0 radical (unpaired) electrons. The topological polar surface area (TPSA) is 129 Å². The fourth-order valence-electron chi connectivity index (χ4n) is 5.80. The first-order chi connectivity index (χ1) is 19.8. The third-order valence-electron chi connectivity index (χ3n) is 8.64. The highest BCUT2D eigenvalue weighted by Crippen LogP contribution is 2.30. The zero-order valence-electron chi connectivity index (χ0n) is 24.4. The van der Waals surface area contributed by atoms with Crippen LogP contribution >= 0.6 is 0 Å². The molecule has 2 saturated heterocycles. The first-order valence-corrected chi connectivity index (χ1v) is 15.1. The highest BCUT2D eigenvalue weighted by atomic mass is 16.6. The van der Waals surface area contributed by atoms with E-state index in [2.05, 4.69) is 16.0 Å². The summed E-state index contributed by atoms with van der Waals surface area (Å²) in [5, 5.41) is 9.12. The number of benzene rings is 1. The molecule has 1 saturated carbocycles. The van der Waals surface area contributed by atoms with E-state index < -0.39 is 23.7 Å². The van der Waals surface area contributed by atoms with Crippen molar-refractivity contribution >= 4 is 23.9 Å². The van der Waals surface area contributed by atoms with E-state index in [9.17, 15) is 19.2 Å². The van der Waals surface area contributed by atoms with E-state index in [0.29, 0.717) is 58.2 Å². The quantitative estimate of drug-likeness (QED) is 0.213. The molecule has 2 amide bonds. The number of epoxide rings is 1. The fourth-order valence-corrected chi connectivity index (χ4v) is 5.80. The van der Waals surface area contributed by atoms with E-state index in [1.165, 1.54) is 6.42 Å². The zero-order valence-corrected chi connectivity index (χ0v) is 24.4. The minimum absolute atomic E-state index is 0.157. The smallest absolute Gasteiger partial charge is 0.243 e. The Hall–Kier alpha value is -2.66. The molecule has 5 unspecified atom stereocenters. The Morgan fingerprint density at radius 1 is 1.02 bits per heavy atom. The van der Waals surface area contributed by atoms with Crippen LogP contribution in [0.2, 0.25) is 0 Å². The van der Waals surface area contributed by atoms with Crippen LogP contribution < -0.4 is 16.0 Å². The molecule has 226 valence electrons. The standard InChI is InChI=1S/C31H46N4O6/c1-22(32-19-25(20-36)35-13-15-40-16-14-35)29(38)34-27(18-24-11-7-4-8-12-24)30(39)33-26(28(37)31(2)21-41-31)17-23-9-5-3-6-10-23/h3,5-6,9-10,20,22,24-27,32H,4,7-8,11-19,21H2,1-2H3,(H,33,39)(H,34,38). The Morgan fingerprint density at radius 2 is 1.68 bits per heavy atom. The molecule has 1 aliphatic carbocycles. The molecular formula is C31H46N4O6. The third kappa shape index (κ3) is 9.16. The van der Waals surface area contributed by atoms with Gasteiger partial charge in [0.15, 0.2) is 5.78 Å². The number of morpholine rings is 1. The van der Waals surface area contributed by atoms with E-state index >= 15 is 0 Å². The second-order valence-corrected chi connectivity index (χ2v) is 11.9. The molecule has 2 aliphatic heterocycles. The molecule has 2 heterocycles. The number of ketones is 1. The molecular weight excluding hydrogens is 524 g/mol. The average molecular weight is 571 g/mol. The Balaban J connectivity index is 1.41. The third-order valence-corrected chi connectivity index (χ3v) is 8.64. The highest BCUT2D eigenvalue weighted by molar-refractivity contribution is 5.98. The summed E-state index contributed by atoms with van der Waals surface area (Å²) in [5.74, 6) is -0.489. The predicted octanol–water partition coefficient (Wildman–Crippen LogP) is 1.40. The van der Waals surface area contributed by atoms with Crippen LogP contribution in [-0.4, -0.2) is 98.0 Å². The second-order valence-electron chi connectivity index (χ2n) is 11.9. The maximum Gasteiger partial charge on any atom is 0.243 e. The fraction of sp³-hybridized carbons (Fsp3) is 0.677. The molecule has 3 aliphatic rings. The maximum absolute atomic E-state index is 13.7. The lowest BCUT2D eigenvalue weighted by Crippen LogP contribution is -2.57. The molecule has 5 atom stereocenters. The summed E-state index contributed by atoms with van der Waals surface area (Å²) >= 11 is 0. The van der Waals surface area contributed by atoms with Crippen molar-refractivity contribution in [2.24, 2.45) is 5.92 Å². The van der Waals surface area contributed by atoms with E-state index in [-0.39, 0.29) is 23.6 Å². The van der Waals surface area contributed by atoms with Gasteiger partial charge < -0.3 is 30.2 Å². The van der Waals surface area contributed by atoms with Crippen molar-refractivity contribution in [2.75, 3.05) is 39.5 Å². The molecule has 0 aromatic heterocycles. The van der Waals surface area contributed by atoms with E-state index in [4.69, 9.17) is 9.47 Å². The zero-order chi connectivity index (χ0) is 29.2. The van der Waals surface area contributed by atoms with Gasteiger partial charge in [0, 0.05) is 19.6 Å². The van der Waals surface area contributed by atoms with Gasteiger partial charge in [0.1, 0.15) is 17.9 Å². The van der Waals surface area contributed by atoms with Crippen LogP contribution in [0.4, 0.5) is 0 Å². The van der Waals surface area contributed by atoms with Gasteiger partial charge in [-0.3, -0.25) is 19.3 Å². The summed E-state index contributed by atoms with van der Waals surface area (Å²) < 4.78 is 10.8. The number of hydrogen-bond acceptors (Lipinski definition) is 8. The van der Waals surface area contributed by atoms with E-state index in [0.717, 1.165) is 37.5 Å². The van der Waals surface area contributed by atoms with Gasteiger partial charge >= 0.3 is 0 Å². The molecule has 0 spiro atoms. The van der Waals surface area contributed by atoms with Gasteiger partial charge in [0.2, 0.25) is 11.8 Å². The van der Waals surface area contributed by atoms with Crippen LogP contribution in [0, 0.1) is 5.92 Å². The van der Waals surface area contributed by atoms with Crippen molar-refractivity contribution in [1.29, 1.82) is 0 Å². The Labute approximate surface area is 243 Å². The molecule has 0 bridgehead atoms. The first kappa shape index (κ1) is 31.3. The van der Waals surface area contributed by atoms with Crippen molar-refractivity contribution in [3.05, 3.63) is 35.9 Å². The van der Waals surface area contributed by atoms with E-state index in [1.807, 2.05) is 35.2 Å². The van der Waals surface area contributed by atoms with E-state index in [1.54, 1.807) is 13.8 Å². The number of carbonyl (C=O) groups is 4. The van der Waals surface area contributed by atoms with Gasteiger partial charge in [-0.1, -0.05) is 62.4 Å². The van der Waals surface area contributed by atoms with Crippen LogP contribution in [0.25, 0.3) is 0 Å². The predicted molar refractivity (Wildman–Crippen MR) is 154 cm³/mol. The van der Waals surface area contributed by atoms with Crippen molar-refractivity contribution < 1.29 is 28.7 Å². The first-order valence-electron chi connectivity index (χ1n) is 15.1. The molecule has 3 N–H and O–H groups in total. The number of nitrogens with zero attached hydrogens (tertiary/aromatic N) is 1. The van der Waals surface area contributed by atoms with Gasteiger partial charge in [-0.05, 0) is 38.2 Å². The van der Waals surface area contributed by atoms with Crippen LogP contribution in [0.15, 0.2) is 30.3 Å². The van der Waals surface area contributed by atoms with Crippen molar-refractivity contribution in [2.45, 2.75) is 88.6 Å². The van der Waals surface area contributed by atoms with Crippen LogP contribution in [-0.2, 0) is 35.1 Å². The number of hydrogen-bond donors (Lipinski definition) is 3. The molecule has 1 aromatic rings. The summed E-state index contributed by atoms with van der Waals surface area (Å²) in [4.78, 5) is 54.1. The molecule has 3 fully saturated rings. The summed E-state index contributed by atoms with van der Waals surface area (Å²) in [6.45, 7) is 6.64. The minimum atomic E-state index is -0.886. The number of Topliss-reactive ketones (excluding diaryl/α,β-unsaturated/α-hetero) is 1. The SMILES string of the molecule is CC(NCC(C=O)N1CCOCC1)C(=O)NC(CC1CCCCC1)C(=O)NC(Cc1ccccc1)C(=O)C1(C)CO1. The minimum Gasteiger partial charge on any atom is -0.379 e. The van der Waals surface area contributed by atoms with Crippen molar-refractivity contribution in [3.8, 4) is 0 Å².